The van der Waals surface area contributed by atoms with E-state index in [0.29, 0.717) is 0 Å². The summed E-state index contributed by atoms with van der Waals surface area (Å²) in [5, 5.41) is 2.62. The molecule has 0 saturated carbocycles. The zero-order valence-electron chi connectivity index (χ0n) is 10.1. The molecule has 1 atom stereocenters. The van der Waals surface area contributed by atoms with Gasteiger partial charge in [-0.05, 0) is 12.5 Å². The maximum Gasteiger partial charge on any atom is 0.227 e. The van der Waals surface area contributed by atoms with Gasteiger partial charge in [0.15, 0.2) is 0 Å². The van der Waals surface area contributed by atoms with Crippen molar-refractivity contribution in [1.82, 2.24) is 5.32 Å². The fraction of sp³-hybridized carbons (Fsp3) is 0.462. The Morgan fingerprint density at radius 1 is 1.33 bits per heavy atom. The maximum atomic E-state index is 11.2. The average Bonchev–Trinajstić information content (AvgIpc) is 2.29. The van der Waals surface area contributed by atoms with E-state index in [1.165, 1.54) is 6.42 Å². The van der Waals surface area contributed by atoms with Gasteiger partial charge in [-0.25, -0.2) is 0 Å². The van der Waals surface area contributed by atoms with Crippen LogP contribution in [0.15, 0.2) is 30.3 Å². The van der Waals surface area contributed by atoms with E-state index in [1.54, 1.807) is 7.05 Å². The van der Waals surface area contributed by atoms with Crippen molar-refractivity contribution in [2.45, 2.75) is 33.1 Å². The number of carbonyl (C=O) groups is 1. The van der Waals surface area contributed by atoms with Crippen LogP contribution >= 0.6 is 0 Å². The summed E-state index contributed by atoms with van der Waals surface area (Å²) in [5.41, 5.74) is 1.05. The number of hydrogen-bond donors (Lipinski definition) is 1. The SMILES string of the molecule is CCC.CNC(=O)[C@@H](C)c1ccccc1.[HH]. The molecule has 2 heteroatoms. The first-order chi connectivity index (χ1) is 7.17. The van der Waals surface area contributed by atoms with Crippen molar-refractivity contribution in [3.63, 3.8) is 0 Å². The van der Waals surface area contributed by atoms with Crippen molar-refractivity contribution < 1.29 is 6.22 Å². The summed E-state index contributed by atoms with van der Waals surface area (Å²) in [6, 6.07) is 9.74. The van der Waals surface area contributed by atoms with E-state index < -0.39 is 0 Å². The third kappa shape index (κ3) is 5.21. The molecule has 0 fully saturated rings. The average molecular weight is 209 g/mol. The summed E-state index contributed by atoms with van der Waals surface area (Å²) in [4.78, 5) is 11.2. The second kappa shape index (κ2) is 8.04. The Morgan fingerprint density at radius 2 is 1.80 bits per heavy atom. The summed E-state index contributed by atoms with van der Waals surface area (Å²) in [6.07, 6.45) is 1.25. The molecule has 86 valence electrons. The molecule has 0 unspecified atom stereocenters. The van der Waals surface area contributed by atoms with E-state index >= 15 is 0 Å². The topological polar surface area (TPSA) is 29.1 Å². The quantitative estimate of drug-likeness (QED) is 0.796. The van der Waals surface area contributed by atoms with E-state index in [9.17, 15) is 4.79 Å². The van der Waals surface area contributed by atoms with Crippen LogP contribution in [-0.4, -0.2) is 13.0 Å². The van der Waals surface area contributed by atoms with Gasteiger partial charge < -0.3 is 5.32 Å². The van der Waals surface area contributed by atoms with Crippen LogP contribution in [-0.2, 0) is 4.79 Å². The second-order valence-corrected chi connectivity index (χ2v) is 3.45. The number of amides is 1. The smallest absolute Gasteiger partial charge is 0.227 e. The van der Waals surface area contributed by atoms with Crippen molar-refractivity contribution in [3.8, 4) is 0 Å². The van der Waals surface area contributed by atoms with Gasteiger partial charge in [-0.15, -0.1) is 0 Å². The van der Waals surface area contributed by atoms with Gasteiger partial charge in [-0.2, -0.15) is 0 Å². The minimum Gasteiger partial charge on any atom is -0.359 e. The zero-order valence-corrected chi connectivity index (χ0v) is 10.1. The number of nitrogens with one attached hydrogen (secondary N) is 1. The summed E-state index contributed by atoms with van der Waals surface area (Å²) in [5.74, 6) is -0.00241. The van der Waals surface area contributed by atoms with Crippen LogP contribution in [0, 0.1) is 0 Å². The fourth-order valence-corrected chi connectivity index (χ4v) is 1.11. The van der Waals surface area contributed by atoms with Gasteiger partial charge in [0.25, 0.3) is 0 Å². The van der Waals surface area contributed by atoms with Crippen LogP contribution in [0.2, 0.25) is 0 Å². The monoisotopic (exact) mass is 209 g/mol. The lowest BCUT2D eigenvalue weighted by molar-refractivity contribution is -0.121. The van der Waals surface area contributed by atoms with Crippen LogP contribution < -0.4 is 5.32 Å². The van der Waals surface area contributed by atoms with Crippen molar-refractivity contribution in [1.29, 1.82) is 0 Å². The molecule has 1 aromatic rings. The highest BCUT2D eigenvalue weighted by molar-refractivity contribution is 5.82. The molecule has 0 aliphatic carbocycles. The van der Waals surface area contributed by atoms with Gasteiger partial charge in [-0.3, -0.25) is 4.79 Å². The number of rotatable bonds is 2. The van der Waals surface area contributed by atoms with Gasteiger partial charge in [0.2, 0.25) is 5.91 Å². The van der Waals surface area contributed by atoms with Gasteiger partial charge in [0.1, 0.15) is 0 Å². The summed E-state index contributed by atoms with van der Waals surface area (Å²) < 4.78 is 0. The van der Waals surface area contributed by atoms with E-state index in [2.05, 4.69) is 19.2 Å². The molecule has 1 aromatic carbocycles. The largest absolute Gasteiger partial charge is 0.359 e. The van der Waals surface area contributed by atoms with Crippen molar-refractivity contribution in [3.05, 3.63) is 35.9 Å². The van der Waals surface area contributed by atoms with Gasteiger partial charge >= 0.3 is 0 Å². The number of hydrogen-bond acceptors (Lipinski definition) is 1. The molecule has 2 nitrogen and oxygen atoms in total. The molecule has 1 amide bonds. The van der Waals surface area contributed by atoms with E-state index in [4.69, 9.17) is 0 Å². The molecule has 0 aliphatic heterocycles. The molecule has 0 saturated heterocycles. The molecular weight excluding hydrogens is 186 g/mol. The first-order valence-electron chi connectivity index (χ1n) is 5.43. The Morgan fingerprint density at radius 3 is 2.20 bits per heavy atom. The van der Waals surface area contributed by atoms with E-state index in [0.717, 1.165) is 5.56 Å². The van der Waals surface area contributed by atoms with Crippen LogP contribution in [0.25, 0.3) is 0 Å². The van der Waals surface area contributed by atoms with Crippen molar-refractivity contribution in [2.75, 3.05) is 7.05 Å². The lowest BCUT2D eigenvalue weighted by atomic mass is 10.0. The van der Waals surface area contributed by atoms with Crippen LogP contribution in [0.4, 0.5) is 0 Å². The zero-order chi connectivity index (χ0) is 11.7. The number of benzene rings is 1. The van der Waals surface area contributed by atoms with E-state index in [-0.39, 0.29) is 13.3 Å². The lowest BCUT2D eigenvalue weighted by Crippen LogP contribution is -2.23. The standard InChI is InChI=1S/C10H13NO.C3H8.H2/c1-8(10(12)11-2)9-6-4-3-5-7-9;1-3-2;/h3-8H,1-2H3,(H,11,12);3H2,1-2H3;1H/t8-;;/m0../s1. The molecule has 0 aromatic heterocycles. The van der Waals surface area contributed by atoms with Gasteiger partial charge in [0, 0.05) is 8.47 Å². The third-order valence-electron chi connectivity index (χ3n) is 1.94. The van der Waals surface area contributed by atoms with Crippen molar-refractivity contribution >= 4 is 5.91 Å². The minimum absolute atomic E-state index is 0. The molecule has 1 N–H and O–H groups in total. The highest BCUT2D eigenvalue weighted by atomic mass is 16.1. The first kappa shape index (κ1) is 13.7. The Kier molecular flexibility index (Phi) is 7.33. The maximum absolute atomic E-state index is 11.2. The predicted molar refractivity (Wildman–Crippen MR) is 67.0 cm³/mol. The second-order valence-electron chi connectivity index (χ2n) is 3.45. The molecule has 1 rings (SSSR count). The molecule has 0 heterocycles. The first-order valence-corrected chi connectivity index (χ1v) is 5.43. The fourth-order valence-electron chi connectivity index (χ4n) is 1.11. The molecule has 0 bridgehead atoms. The number of likely N-dealkylation sites (N-methyl/N-ethyl adjacent to an activating group) is 1. The summed E-state index contributed by atoms with van der Waals surface area (Å²) in [7, 11) is 1.65. The lowest BCUT2D eigenvalue weighted by Gasteiger charge is -2.08. The van der Waals surface area contributed by atoms with Crippen LogP contribution in [0.5, 0.6) is 0 Å². The van der Waals surface area contributed by atoms with Gasteiger partial charge in [-0.1, -0.05) is 50.6 Å². The van der Waals surface area contributed by atoms with E-state index in [1.807, 2.05) is 37.3 Å². The summed E-state index contributed by atoms with van der Waals surface area (Å²) >= 11 is 0. The van der Waals surface area contributed by atoms with Crippen molar-refractivity contribution in [2.24, 2.45) is 0 Å². The Hall–Kier alpha value is -1.31. The molecular formula is C13H23NO. The summed E-state index contributed by atoms with van der Waals surface area (Å²) in [6.45, 7) is 6.15. The third-order valence-corrected chi connectivity index (χ3v) is 1.94. The van der Waals surface area contributed by atoms with Crippen LogP contribution in [0.1, 0.15) is 40.1 Å². The van der Waals surface area contributed by atoms with Gasteiger partial charge in [0.05, 0.1) is 5.92 Å². The predicted octanol–water partition coefficient (Wildman–Crippen LogP) is 3.20. The Balaban J connectivity index is 0. The molecule has 0 radical (unpaired) electrons. The molecule has 15 heavy (non-hydrogen) atoms. The molecule has 0 aliphatic rings. The Bertz CT molecular complexity index is 275. The minimum atomic E-state index is -0.0591. The normalized spacial score (nSPS) is 10.9. The Labute approximate surface area is 94.2 Å². The molecule has 0 spiro atoms. The highest BCUT2D eigenvalue weighted by Crippen LogP contribution is 2.13. The number of carbonyl (C=O) groups excluding carboxylic acids is 1. The highest BCUT2D eigenvalue weighted by Gasteiger charge is 2.11. The van der Waals surface area contributed by atoms with Crippen LogP contribution in [0.3, 0.4) is 0 Å².